The third-order valence-electron chi connectivity index (χ3n) is 9.82. The predicted molar refractivity (Wildman–Crippen MR) is 204 cm³/mol. The molecule has 224 valence electrons. The molecule has 10 rings (SSSR count). The maximum Gasteiger partial charge on any atom is 0.159 e. The molecule has 0 fully saturated rings. The van der Waals surface area contributed by atoms with Gasteiger partial charge in [-0.05, 0) is 85.2 Å². The van der Waals surface area contributed by atoms with Crippen molar-refractivity contribution in [3.8, 4) is 11.1 Å². The van der Waals surface area contributed by atoms with Crippen molar-refractivity contribution in [3.63, 3.8) is 0 Å². The van der Waals surface area contributed by atoms with Crippen molar-refractivity contribution < 1.29 is 4.42 Å². The summed E-state index contributed by atoms with van der Waals surface area (Å²) in [5.74, 6) is 0. The van der Waals surface area contributed by atoms with Gasteiger partial charge < -0.3 is 9.32 Å². The van der Waals surface area contributed by atoms with E-state index in [-0.39, 0.29) is 0 Å². The van der Waals surface area contributed by atoms with Crippen LogP contribution in [0.2, 0.25) is 0 Å². The molecule has 1 heterocycles. The predicted octanol–water partition coefficient (Wildman–Crippen LogP) is 13.3. The molecule has 2 nitrogen and oxygen atoms in total. The van der Waals surface area contributed by atoms with Gasteiger partial charge in [0.15, 0.2) is 5.58 Å². The summed E-state index contributed by atoms with van der Waals surface area (Å²) in [5, 5.41) is 12.2. The summed E-state index contributed by atoms with van der Waals surface area (Å²) in [7, 11) is 0. The summed E-state index contributed by atoms with van der Waals surface area (Å²) in [6.07, 6.45) is 0. The van der Waals surface area contributed by atoms with Crippen molar-refractivity contribution in [3.05, 3.63) is 176 Å². The number of hydrogen-bond acceptors (Lipinski definition) is 2. The smallest absolute Gasteiger partial charge is 0.159 e. The number of benzene rings is 9. The van der Waals surface area contributed by atoms with Gasteiger partial charge in [0.1, 0.15) is 5.58 Å². The van der Waals surface area contributed by atoms with Crippen LogP contribution in [0, 0.1) is 0 Å². The second-order valence-corrected chi connectivity index (χ2v) is 12.5. The molecule has 0 aliphatic heterocycles. The molecular weight excluding hydrogens is 583 g/mol. The van der Waals surface area contributed by atoms with Crippen molar-refractivity contribution in [2.75, 3.05) is 4.90 Å². The van der Waals surface area contributed by atoms with E-state index in [0.29, 0.717) is 0 Å². The number of rotatable bonds is 4. The Morgan fingerprint density at radius 2 is 0.896 bits per heavy atom. The maximum atomic E-state index is 6.65. The minimum Gasteiger partial charge on any atom is -0.454 e. The highest BCUT2D eigenvalue weighted by Gasteiger charge is 2.22. The summed E-state index contributed by atoms with van der Waals surface area (Å²) in [6, 6.07) is 63.3. The third-order valence-corrected chi connectivity index (χ3v) is 9.82. The van der Waals surface area contributed by atoms with Gasteiger partial charge in [-0.3, -0.25) is 0 Å². The van der Waals surface area contributed by atoms with Crippen LogP contribution < -0.4 is 4.90 Å². The zero-order chi connectivity index (χ0) is 31.6. The molecule has 0 bridgehead atoms. The fourth-order valence-corrected chi connectivity index (χ4v) is 7.62. The molecule has 0 N–H and O–H groups in total. The lowest BCUT2D eigenvalue weighted by Gasteiger charge is -2.28. The maximum absolute atomic E-state index is 6.65. The van der Waals surface area contributed by atoms with Crippen molar-refractivity contribution >= 4 is 82.1 Å². The Morgan fingerprint density at radius 1 is 0.354 bits per heavy atom. The van der Waals surface area contributed by atoms with Crippen LogP contribution in [0.3, 0.4) is 0 Å². The standard InChI is InChI=1S/C46H29NO/c1-3-14-34-31(12-1)28-42(38-18-6-5-16-36(34)38)30-24-26-33(27-25-30)47(43-22-11-21-41-40-20-9-10-23-45(40)48-46(41)43)44-29-32-13-2-4-15-35(32)37-17-7-8-19-39(37)44/h1-29H. The van der Waals surface area contributed by atoms with Crippen LogP contribution in [0.1, 0.15) is 0 Å². The SMILES string of the molecule is c1ccc2c(c1)cc(-c1ccc(N(c3cc4ccccc4c4ccccc34)c3cccc4c3oc3ccccc34)cc1)c1ccccc12. The normalized spacial score (nSPS) is 11.8. The number of para-hydroxylation sites is 2. The van der Waals surface area contributed by atoms with E-state index in [9.17, 15) is 0 Å². The highest BCUT2D eigenvalue weighted by Crippen LogP contribution is 2.46. The Kier molecular flexibility index (Phi) is 5.91. The topological polar surface area (TPSA) is 16.4 Å². The molecule has 9 aromatic carbocycles. The molecule has 1 aromatic heterocycles. The van der Waals surface area contributed by atoms with Gasteiger partial charge in [0.25, 0.3) is 0 Å². The average molecular weight is 612 g/mol. The molecule has 0 atom stereocenters. The largest absolute Gasteiger partial charge is 0.454 e. The summed E-state index contributed by atoms with van der Waals surface area (Å²) in [5.41, 5.74) is 7.37. The summed E-state index contributed by atoms with van der Waals surface area (Å²) >= 11 is 0. The lowest BCUT2D eigenvalue weighted by atomic mass is 9.93. The lowest BCUT2D eigenvalue weighted by Crippen LogP contribution is -2.11. The van der Waals surface area contributed by atoms with Crippen LogP contribution >= 0.6 is 0 Å². The van der Waals surface area contributed by atoms with E-state index in [4.69, 9.17) is 4.42 Å². The molecule has 0 unspecified atom stereocenters. The molecule has 0 amide bonds. The van der Waals surface area contributed by atoms with Crippen molar-refractivity contribution in [2.45, 2.75) is 0 Å². The van der Waals surface area contributed by atoms with E-state index in [1.165, 1.54) is 54.2 Å². The minimum atomic E-state index is 0.875. The van der Waals surface area contributed by atoms with Crippen LogP contribution in [-0.4, -0.2) is 0 Å². The zero-order valence-electron chi connectivity index (χ0n) is 26.1. The molecule has 0 aliphatic rings. The Morgan fingerprint density at radius 3 is 1.62 bits per heavy atom. The average Bonchev–Trinajstić information content (AvgIpc) is 3.55. The van der Waals surface area contributed by atoms with Gasteiger partial charge in [-0.15, -0.1) is 0 Å². The third kappa shape index (κ3) is 4.06. The van der Waals surface area contributed by atoms with Crippen molar-refractivity contribution in [1.29, 1.82) is 0 Å². The highest BCUT2D eigenvalue weighted by atomic mass is 16.3. The molecular formula is C46H29NO. The van der Waals surface area contributed by atoms with Gasteiger partial charge in [-0.25, -0.2) is 0 Å². The van der Waals surface area contributed by atoms with Gasteiger partial charge in [0.2, 0.25) is 0 Å². The van der Waals surface area contributed by atoms with Crippen molar-refractivity contribution in [1.82, 2.24) is 0 Å². The second-order valence-electron chi connectivity index (χ2n) is 12.5. The second kappa shape index (κ2) is 10.6. The molecule has 0 radical (unpaired) electrons. The highest BCUT2D eigenvalue weighted by molar-refractivity contribution is 6.17. The minimum absolute atomic E-state index is 0.875. The summed E-state index contributed by atoms with van der Waals surface area (Å²) < 4.78 is 6.65. The Balaban J connectivity index is 1.23. The van der Waals surface area contributed by atoms with E-state index in [1.807, 2.05) is 6.07 Å². The van der Waals surface area contributed by atoms with Gasteiger partial charge in [0.05, 0.1) is 11.4 Å². The number of hydrogen-bond donors (Lipinski definition) is 0. The lowest BCUT2D eigenvalue weighted by molar-refractivity contribution is 0.669. The molecule has 10 aromatic rings. The Hall–Kier alpha value is -6.38. The van der Waals surface area contributed by atoms with Crippen LogP contribution in [0.4, 0.5) is 17.1 Å². The monoisotopic (exact) mass is 611 g/mol. The van der Waals surface area contributed by atoms with E-state index in [0.717, 1.165) is 39.0 Å². The Bertz CT molecular complexity index is 2840. The van der Waals surface area contributed by atoms with Crippen LogP contribution in [-0.2, 0) is 0 Å². The fraction of sp³-hybridized carbons (Fsp3) is 0. The van der Waals surface area contributed by atoms with E-state index >= 15 is 0 Å². The molecule has 0 aliphatic carbocycles. The van der Waals surface area contributed by atoms with Gasteiger partial charge >= 0.3 is 0 Å². The number of anilines is 3. The van der Waals surface area contributed by atoms with Gasteiger partial charge in [-0.1, -0.05) is 140 Å². The van der Waals surface area contributed by atoms with Crippen LogP contribution in [0.5, 0.6) is 0 Å². The number of furan rings is 1. The number of fused-ring (bicyclic) bond motifs is 9. The first-order valence-electron chi connectivity index (χ1n) is 16.4. The zero-order valence-corrected chi connectivity index (χ0v) is 26.1. The van der Waals surface area contributed by atoms with E-state index in [2.05, 4.69) is 175 Å². The van der Waals surface area contributed by atoms with Gasteiger partial charge in [0, 0.05) is 21.8 Å². The van der Waals surface area contributed by atoms with Crippen molar-refractivity contribution in [2.24, 2.45) is 0 Å². The quantitative estimate of drug-likeness (QED) is 0.184. The molecule has 48 heavy (non-hydrogen) atoms. The first-order chi connectivity index (χ1) is 23.8. The first-order valence-corrected chi connectivity index (χ1v) is 16.4. The van der Waals surface area contributed by atoms with Crippen LogP contribution in [0.15, 0.2) is 180 Å². The summed E-state index contributed by atoms with van der Waals surface area (Å²) in [4.78, 5) is 2.38. The number of nitrogens with zero attached hydrogens (tertiary/aromatic N) is 1. The Labute approximate surface area is 277 Å². The first kappa shape index (κ1) is 26.8. The van der Waals surface area contributed by atoms with E-state index in [1.54, 1.807) is 0 Å². The molecule has 0 spiro atoms. The molecule has 0 saturated carbocycles. The molecule has 2 heteroatoms. The van der Waals surface area contributed by atoms with Crippen LogP contribution in [0.25, 0.3) is 76.2 Å². The molecule has 0 saturated heterocycles. The fourth-order valence-electron chi connectivity index (χ4n) is 7.62. The van der Waals surface area contributed by atoms with E-state index < -0.39 is 0 Å². The summed E-state index contributed by atoms with van der Waals surface area (Å²) in [6.45, 7) is 0. The van der Waals surface area contributed by atoms with Gasteiger partial charge in [-0.2, -0.15) is 0 Å².